The number of rotatable bonds is 5. The van der Waals surface area contributed by atoms with Gasteiger partial charge in [-0.05, 0) is 24.3 Å². The average molecular weight is 263 g/mol. The fraction of sp³-hybridized carbons (Fsp3) is 0.538. The first-order valence-electron chi connectivity index (χ1n) is 6.48. The molecular weight excluding hydrogens is 246 g/mol. The van der Waals surface area contributed by atoms with Gasteiger partial charge in [0, 0.05) is 0 Å². The molecule has 2 bridgehead atoms. The second kappa shape index (κ2) is 4.38. The summed E-state index contributed by atoms with van der Waals surface area (Å²) in [5.41, 5.74) is 6.45. The number of amides is 3. The highest BCUT2D eigenvalue weighted by atomic mass is 16.7. The van der Waals surface area contributed by atoms with E-state index in [1.165, 1.54) is 9.96 Å². The molecule has 2 aliphatic heterocycles. The van der Waals surface area contributed by atoms with Gasteiger partial charge < -0.3 is 10.6 Å². The standard InChI is InChI=1S/C13H17N3O3/c1-2-5-19-16-9-6-10(8-3-4-8)11(12(14)17)15(7-9)13(16)18/h2,6,8-9,11H,1,3-5,7H2,(H2,14,17)/t9?,11-/m0/s1. The van der Waals surface area contributed by atoms with E-state index >= 15 is 0 Å². The first kappa shape index (κ1) is 12.2. The van der Waals surface area contributed by atoms with Crippen LogP contribution in [0.5, 0.6) is 0 Å². The smallest absolute Gasteiger partial charge is 0.345 e. The van der Waals surface area contributed by atoms with Crippen LogP contribution >= 0.6 is 0 Å². The maximum absolute atomic E-state index is 12.2. The molecule has 102 valence electrons. The summed E-state index contributed by atoms with van der Waals surface area (Å²) in [5.74, 6) is -0.0644. The summed E-state index contributed by atoms with van der Waals surface area (Å²) in [4.78, 5) is 30.8. The van der Waals surface area contributed by atoms with E-state index in [-0.39, 0.29) is 18.7 Å². The quantitative estimate of drug-likeness (QED) is 0.730. The molecule has 0 aromatic heterocycles. The summed E-state index contributed by atoms with van der Waals surface area (Å²) in [6.07, 6.45) is 5.70. The van der Waals surface area contributed by atoms with Crippen LogP contribution in [0, 0.1) is 5.92 Å². The number of hydroxylamine groups is 2. The van der Waals surface area contributed by atoms with Gasteiger partial charge in [0.1, 0.15) is 6.04 Å². The Balaban J connectivity index is 1.89. The molecule has 3 amide bonds. The van der Waals surface area contributed by atoms with Crippen LogP contribution in [-0.2, 0) is 9.63 Å². The van der Waals surface area contributed by atoms with Gasteiger partial charge in [0.15, 0.2) is 0 Å². The Morgan fingerprint density at radius 1 is 1.58 bits per heavy atom. The topological polar surface area (TPSA) is 75.9 Å². The van der Waals surface area contributed by atoms with E-state index < -0.39 is 11.9 Å². The third kappa shape index (κ3) is 1.92. The van der Waals surface area contributed by atoms with Gasteiger partial charge in [-0.15, -0.1) is 6.58 Å². The molecule has 6 nitrogen and oxygen atoms in total. The molecule has 19 heavy (non-hydrogen) atoms. The number of carbonyl (C=O) groups excluding carboxylic acids is 2. The molecule has 1 saturated carbocycles. The third-order valence-electron chi connectivity index (χ3n) is 3.78. The van der Waals surface area contributed by atoms with Gasteiger partial charge in [0.2, 0.25) is 5.91 Å². The molecule has 2 atom stereocenters. The van der Waals surface area contributed by atoms with Crippen molar-refractivity contribution >= 4 is 11.9 Å². The van der Waals surface area contributed by atoms with Gasteiger partial charge in [-0.3, -0.25) is 9.63 Å². The normalized spacial score (nSPS) is 29.5. The predicted molar refractivity (Wildman–Crippen MR) is 67.7 cm³/mol. The van der Waals surface area contributed by atoms with Crippen LogP contribution in [0.3, 0.4) is 0 Å². The fourth-order valence-electron chi connectivity index (χ4n) is 2.83. The minimum absolute atomic E-state index is 0.126. The van der Waals surface area contributed by atoms with Crippen LogP contribution in [-0.4, -0.2) is 47.1 Å². The molecule has 2 N–H and O–H groups in total. The molecule has 1 saturated heterocycles. The van der Waals surface area contributed by atoms with Crippen LogP contribution in [0.1, 0.15) is 12.8 Å². The maximum atomic E-state index is 12.2. The summed E-state index contributed by atoms with van der Waals surface area (Å²) in [6, 6.07) is -1.02. The Labute approximate surface area is 111 Å². The van der Waals surface area contributed by atoms with E-state index in [9.17, 15) is 9.59 Å². The highest BCUT2D eigenvalue weighted by molar-refractivity contribution is 5.91. The van der Waals surface area contributed by atoms with Crippen molar-refractivity contribution < 1.29 is 14.4 Å². The first-order valence-corrected chi connectivity index (χ1v) is 6.48. The molecule has 3 aliphatic rings. The molecule has 0 radical (unpaired) electrons. The van der Waals surface area contributed by atoms with Crippen molar-refractivity contribution in [3.05, 3.63) is 24.3 Å². The van der Waals surface area contributed by atoms with Gasteiger partial charge in [-0.1, -0.05) is 12.2 Å². The number of carbonyl (C=O) groups is 2. The van der Waals surface area contributed by atoms with Crippen molar-refractivity contribution in [2.45, 2.75) is 24.9 Å². The molecule has 6 heteroatoms. The van der Waals surface area contributed by atoms with Crippen LogP contribution in [0.25, 0.3) is 0 Å². The predicted octanol–water partition coefficient (Wildman–Crippen LogP) is 0.414. The lowest BCUT2D eigenvalue weighted by molar-refractivity contribution is -0.121. The summed E-state index contributed by atoms with van der Waals surface area (Å²) in [5, 5.41) is 1.33. The highest BCUT2D eigenvalue weighted by Crippen LogP contribution is 2.43. The summed E-state index contributed by atoms with van der Waals surface area (Å²) in [6.45, 7) is 4.29. The summed E-state index contributed by atoms with van der Waals surface area (Å²) in [7, 11) is 0. The number of primary amides is 1. The molecular formula is C13H17N3O3. The molecule has 0 aromatic rings. The first-order chi connectivity index (χ1) is 9.13. The Kier molecular flexibility index (Phi) is 2.82. The zero-order valence-corrected chi connectivity index (χ0v) is 10.6. The van der Waals surface area contributed by atoms with E-state index in [1.54, 1.807) is 6.08 Å². The van der Waals surface area contributed by atoms with Crippen LogP contribution in [0.4, 0.5) is 4.79 Å². The highest BCUT2D eigenvalue weighted by Gasteiger charge is 2.50. The molecule has 0 spiro atoms. The second-order valence-corrected chi connectivity index (χ2v) is 5.16. The molecule has 0 aromatic carbocycles. The molecule has 2 heterocycles. The van der Waals surface area contributed by atoms with E-state index in [2.05, 4.69) is 6.58 Å². The van der Waals surface area contributed by atoms with Gasteiger partial charge in [-0.25, -0.2) is 4.79 Å². The molecule has 1 unspecified atom stereocenters. The van der Waals surface area contributed by atoms with Gasteiger partial charge in [0.25, 0.3) is 0 Å². The molecule has 1 aliphatic carbocycles. The number of fused-ring (bicyclic) bond motifs is 2. The third-order valence-corrected chi connectivity index (χ3v) is 3.78. The van der Waals surface area contributed by atoms with Gasteiger partial charge >= 0.3 is 6.03 Å². The van der Waals surface area contributed by atoms with Crippen LogP contribution in [0.15, 0.2) is 24.3 Å². The van der Waals surface area contributed by atoms with Crippen LogP contribution in [0.2, 0.25) is 0 Å². The zero-order chi connectivity index (χ0) is 13.6. The summed E-state index contributed by atoms with van der Waals surface area (Å²) >= 11 is 0. The summed E-state index contributed by atoms with van der Waals surface area (Å²) < 4.78 is 0. The lowest BCUT2D eigenvalue weighted by Crippen LogP contribution is -2.49. The fourth-order valence-corrected chi connectivity index (χ4v) is 2.83. The monoisotopic (exact) mass is 263 g/mol. The Hall–Kier alpha value is -1.82. The Morgan fingerprint density at radius 2 is 2.32 bits per heavy atom. The van der Waals surface area contributed by atoms with Crippen molar-refractivity contribution in [1.82, 2.24) is 9.96 Å². The van der Waals surface area contributed by atoms with Gasteiger partial charge in [-0.2, -0.15) is 5.06 Å². The Morgan fingerprint density at radius 3 is 2.89 bits per heavy atom. The zero-order valence-electron chi connectivity index (χ0n) is 10.6. The molecule has 3 rings (SSSR count). The second-order valence-electron chi connectivity index (χ2n) is 5.16. The lowest BCUT2D eigenvalue weighted by atomic mass is 9.95. The number of nitrogens with two attached hydrogens (primary N) is 1. The number of hydrogen-bond acceptors (Lipinski definition) is 3. The van der Waals surface area contributed by atoms with E-state index in [0.717, 1.165) is 18.4 Å². The Bertz CT molecular complexity index is 470. The largest absolute Gasteiger partial charge is 0.368 e. The van der Waals surface area contributed by atoms with Crippen molar-refractivity contribution in [2.75, 3.05) is 13.2 Å². The number of hydrogen-bond donors (Lipinski definition) is 1. The minimum atomic E-state index is -0.603. The van der Waals surface area contributed by atoms with Gasteiger partial charge in [0.05, 0.1) is 19.2 Å². The van der Waals surface area contributed by atoms with Crippen molar-refractivity contribution in [1.29, 1.82) is 0 Å². The molecule has 2 fully saturated rings. The van der Waals surface area contributed by atoms with Crippen molar-refractivity contribution in [2.24, 2.45) is 11.7 Å². The number of nitrogens with zero attached hydrogens (tertiary/aromatic N) is 2. The van der Waals surface area contributed by atoms with Crippen LogP contribution < -0.4 is 5.73 Å². The minimum Gasteiger partial charge on any atom is -0.368 e. The van der Waals surface area contributed by atoms with Crippen molar-refractivity contribution in [3.63, 3.8) is 0 Å². The van der Waals surface area contributed by atoms with E-state index in [0.29, 0.717) is 12.5 Å². The lowest BCUT2D eigenvalue weighted by Gasteiger charge is -2.29. The van der Waals surface area contributed by atoms with Crippen molar-refractivity contribution in [3.8, 4) is 0 Å². The number of urea groups is 1. The maximum Gasteiger partial charge on any atom is 0.345 e. The van der Waals surface area contributed by atoms with E-state index in [4.69, 9.17) is 10.6 Å². The SMILES string of the molecule is C=CCON1C(=O)N2CC1C=C(C1CC1)[C@H]2C(N)=O. The van der Waals surface area contributed by atoms with E-state index in [1.807, 2.05) is 6.08 Å². The average Bonchev–Trinajstić information content (AvgIpc) is 3.18.